The summed E-state index contributed by atoms with van der Waals surface area (Å²) >= 11 is 0. The molecule has 2 saturated heterocycles. The molecular weight excluding hydrogens is 272 g/mol. The van der Waals surface area contributed by atoms with E-state index in [1.165, 1.54) is 104 Å². The Balaban J connectivity index is 1.35. The third kappa shape index (κ3) is 6.53. The van der Waals surface area contributed by atoms with Gasteiger partial charge in [0.15, 0.2) is 0 Å². The standard InChI is InChI=1S/C18H38N4/c1-3-19-13-15-21(17-19)11-9-7-5-6-8-10-12-22-16-14-20(4-2)18-22/h3-18H2,1-2H3. The van der Waals surface area contributed by atoms with E-state index in [-0.39, 0.29) is 0 Å². The van der Waals surface area contributed by atoms with Crippen LogP contribution in [-0.4, -0.2) is 85.3 Å². The first-order chi connectivity index (χ1) is 10.8. The van der Waals surface area contributed by atoms with E-state index in [1.54, 1.807) is 0 Å². The van der Waals surface area contributed by atoms with Gasteiger partial charge in [0.05, 0.1) is 13.3 Å². The molecule has 0 aromatic heterocycles. The zero-order chi connectivity index (χ0) is 15.6. The van der Waals surface area contributed by atoms with E-state index in [0.717, 1.165) is 0 Å². The maximum atomic E-state index is 2.62. The number of hydrogen-bond acceptors (Lipinski definition) is 4. The van der Waals surface area contributed by atoms with Gasteiger partial charge in [0.2, 0.25) is 0 Å². The van der Waals surface area contributed by atoms with Gasteiger partial charge in [-0.15, -0.1) is 0 Å². The highest BCUT2D eigenvalue weighted by atomic mass is 15.4. The summed E-state index contributed by atoms with van der Waals surface area (Å²) in [6.07, 6.45) is 8.52. The van der Waals surface area contributed by atoms with Crippen LogP contribution < -0.4 is 0 Å². The Labute approximate surface area is 138 Å². The quantitative estimate of drug-likeness (QED) is 0.544. The van der Waals surface area contributed by atoms with Gasteiger partial charge in [0.1, 0.15) is 0 Å². The van der Waals surface area contributed by atoms with Crippen molar-refractivity contribution in [3.05, 3.63) is 0 Å². The van der Waals surface area contributed by atoms with Gasteiger partial charge < -0.3 is 0 Å². The Hall–Kier alpha value is -0.160. The molecule has 0 aromatic rings. The zero-order valence-corrected chi connectivity index (χ0v) is 15.1. The average molecular weight is 311 g/mol. The molecule has 0 radical (unpaired) electrons. The van der Waals surface area contributed by atoms with E-state index in [2.05, 4.69) is 33.4 Å². The summed E-state index contributed by atoms with van der Waals surface area (Å²) in [7, 11) is 0. The molecular formula is C18H38N4. The van der Waals surface area contributed by atoms with Crippen LogP contribution in [0.3, 0.4) is 0 Å². The van der Waals surface area contributed by atoms with Crippen molar-refractivity contribution in [2.75, 3.05) is 65.7 Å². The first-order valence-electron chi connectivity index (χ1n) is 9.71. The molecule has 0 N–H and O–H groups in total. The van der Waals surface area contributed by atoms with Gasteiger partial charge in [-0.1, -0.05) is 39.5 Å². The van der Waals surface area contributed by atoms with Crippen LogP contribution in [0.25, 0.3) is 0 Å². The minimum absolute atomic E-state index is 1.21. The molecule has 2 aliphatic heterocycles. The number of nitrogens with zero attached hydrogens (tertiary/aromatic N) is 4. The summed E-state index contributed by atoms with van der Waals surface area (Å²) in [5.41, 5.74) is 0. The fourth-order valence-electron chi connectivity index (χ4n) is 3.67. The molecule has 4 nitrogen and oxygen atoms in total. The minimum atomic E-state index is 1.21. The van der Waals surface area contributed by atoms with Gasteiger partial charge in [-0.25, -0.2) is 0 Å². The van der Waals surface area contributed by atoms with Gasteiger partial charge in [-0.3, -0.25) is 19.6 Å². The van der Waals surface area contributed by atoms with Crippen LogP contribution in [0.15, 0.2) is 0 Å². The fourth-order valence-corrected chi connectivity index (χ4v) is 3.67. The molecule has 130 valence electrons. The molecule has 2 fully saturated rings. The lowest BCUT2D eigenvalue weighted by atomic mass is 10.1. The smallest absolute Gasteiger partial charge is 0.0507 e. The average Bonchev–Trinajstić information content (AvgIpc) is 3.18. The summed E-state index contributed by atoms with van der Waals surface area (Å²) in [5, 5.41) is 0. The number of hydrogen-bond donors (Lipinski definition) is 0. The van der Waals surface area contributed by atoms with Crippen molar-refractivity contribution in [2.24, 2.45) is 0 Å². The molecule has 0 aromatic carbocycles. The maximum Gasteiger partial charge on any atom is 0.0507 e. The Bertz CT molecular complexity index is 256. The lowest BCUT2D eigenvalue weighted by Crippen LogP contribution is -2.26. The van der Waals surface area contributed by atoms with E-state index in [0.29, 0.717) is 0 Å². The number of likely N-dealkylation sites (N-methyl/N-ethyl adjacent to an activating group) is 2. The van der Waals surface area contributed by atoms with Crippen LogP contribution in [-0.2, 0) is 0 Å². The SMILES string of the molecule is CCN1CCN(CCCCCCCCN2CCN(CC)C2)C1. The van der Waals surface area contributed by atoms with Crippen molar-refractivity contribution in [3.63, 3.8) is 0 Å². The predicted octanol–water partition coefficient (Wildman–Crippen LogP) is 2.52. The number of rotatable bonds is 11. The number of unbranched alkanes of at least 4 members (excludes halogenated alkanes) is 5. The van der Waals surface area contributed by atoms with E-state index in [9.17, 15) is 0 Å². The van der Waals surface area contributed by atoms with Crippen molar-refractivity contribution in [2.45, 2.75) is 52.4 Å². The zero-order valence-electron chi connectivity index (χ0n) is 15.1. The third-order valence-electron chi connectivity index (χ3n) is 5.36. The predicted molar refractivity (Wildman–Crippen MR) is 95.1 cm³/mol. The van der Waals surface area contributed by atoms with Gasteiger partial charge in [0, 0.05) is 26.2 Å². The molecule has 0 saturated carbocycles. The van der Waals surface area contributed by atoms with Crippen molar-refractivity contribution in [1.82, 2.24) is 19.6 Å². The van der Waals surface area contributed by atoms with Gasteiger partial charge in [-0.2, -0.15) is 0 Å². The third-order valence-corrected chi connectivity index (χ3v) is 5.36. The van der Waals surface area contributed by atoms with Crippen LogP contribution in [0, 0.1) is 0 Å². The molecule has 2 heterocycles. The highest BCUT2D eigenvalue weighted by molar-refractivity contribution is 4.70. The van der Waals surface area contributed by atoms with E-state index < -0.39 is 0 Å². The summed E-state index contributed by atoms with van der Waals surface area (Å²) in [6, 6.07) is 0. The Kier molecular flexibility index (Phi) is 8.75. The lowest BCUT2D eigenvalue weighted by Gasteiger charge is -2.17. The second kappa shape index (κ2) is 10.6. The lowest BCUT2D eigenvalue weighted by molar-refractivity contribution is 0.247. The van der Waals surface area contributed by atoms with E-state index >= 15 is 0 Å². The topological polar surface area (TPSA) is 13.0 Å². The van der Waals surface area contributed by atoms with Crippen LogP contribution in [0.4, 0.5) is 0 Å². The van der Waals surface area contributed by atoms with Gasteiger partial charge in [0.25, 0.3) is 0 Å². The highest BCUT2D eigenvalue weighted by Gasteiger charge is 2.18. The molecule has 22 heavy (non-hydrogen) atoms. The van der Waals surface area contributed by atoms with Crippen molar-refractivity contribution in [3.8, 4) is 0 Å². The largest absolute Gasteiger partial charge is 0.289 e. The summed E-state index contributed by atoms with van der Waals surface area (Å²) in [4.78, 5) is 10.3. The molecule has 0 amide bonds. The van der Waals surface area contributed by atoms with Crippen molar-refractivity contribution in [1.29, 1.82) is 0 Å². The molecule has 2 rings (SSSR count). The van der Waals surface area contributed by atoms with Crippen molar-refractivity contribution < 1.29 is 0 Å². The fraction of sp³-hybridized carbons (Fsp3) is 1.00. The maximum absolute atomic E-state index is 2.62. The monoisotopic (exact) mass is 310 g/mol. The minimum Gasteiger partial charge on any atom is -0.289 e. The second-order valence-corrected chi connectivity index (χ2v) is 7.06. The van der Waals surface area contributed by atoms with Crippen LogP contribution in [0.2, 0.25) is 0 Å². The Morgan fingerprint density at radius 1 is 0.500 bits per heavy atom. The molecule has 4 heteroatoms. The summed E-state index contributed by atoms with van der Waals surface area (Å²) in [6.45, 7) is 17.2. The van der Waals surface area contributed by atoms with Crippen LogP contribution >= 0.6 is 0 Å². The Morgan fingerprint density at radius 2 is 0.864 bits per heavy atom. The molecule has 2 aliphatic rings. The molecule has 0 atom stereocenters. The first-order valence-corrected chi connectivity index (χ1v) is 9.71. The summed E-state index contributed by atoms with van der Waals surface area (Å²) < 4.78 is 0. The van der Waals surface area contributed by atoms with Crippen LogP contribution in [0.5, 0.6) is 0 Å². The molecule has 0 unspecified atom stereocenters. The summed E-state index contributed by atoms with van der Waals surface area (Å²) in [5.74, 6) is 0. The molecule has 0 aliphatic carbocycles. The Morgan fingerprint density at radius 3 is 1.23 bits per heavy atom. The molecule has 0 spiro atoms. The first kappa shape index (κ1) is 18.2. The second-order valence-electron chi connectivity index (χ2n) is 7.06. The highest BCUT2D eigenvalue weighted by Crippen LogP contribution is 2.11. The van der Waals surface area contributed by atoms with Gasteiger partial charge in [-0.05, 0) is 39.0 Å². The van der Waals surface area contributed by atoms with E-state index in [4.69, 9.17) is 0 Å². The molecule has 0 bridgehead atoms. The van der Waals surface area contributed by atoms with E-state index in [1.807, 2.05) is 0 Å². The van der Waals surface area contributed by atoms with Crippen molar-refractivity contribution >= 4 is 0 Å². The normalized spacial score (nSPS) is 22.1. The van der Waals surface area contributed by atoms with Gasteiger partial charge >= 0.3 is 0 Å². The van der Waals surface area contributed by atoms with Crippen LogP contribution in [0.1, 0.15) is 52.4 Å².